The largest absolute Gasteiger partial charge is 0.508 e. The SMILES string of the molecule is CC(C)(C)CCN1CC[C@H](CNC(=O)c2cc(O)cc(Cl)c2)[C@H](F)C1. The fourth-order valence-electron chi connectivity index (χ4n) is 2.97. The normalized spacial score (nSPS) is 22.0. The monoisotopic (exact) mass is 370 g/mol. The molecule has 4 nitrogen and oxygen atoms in total. The van der Waals surface area contributed by atoms with E-state index in [1.165, 1.54) is 18.2 Å². The lowest BCUT2D eigenvalue weighted by molar-refractivity contribution is 0.0724. The summed E-state index contributed by atoms with van der Waals surface area (Å²) in [5.74, 6) is -0.587. The minimum absolute atomic E-state index is 0.0619. The predicted molar refractivity (Wildman–Crippen MR) is 99.0 cm³/mol. The Labute approximate surface area is 154 Å². The van der Waals surface area contributed by atoms with Crippen molar-refractivity contribution in [1.82, 2.24) is 10.2 Å². The van der Waals surface area contributed by atoms with Crippen molar-refractivity contribution >= 4 is 17.5 Å². The lowest BCUT2D eigenvalue weighted by atomic mass is 9.90. The lowest BCUT2D eigenvalue weighted by Gasteiger charge is -2.36. The summed E-state index contributed by atoms with van der Waals surface area (Å²) in [5.41, 5.74) is 0.530. The number of benzene rings is 1. The first kappa shape index (κ1) is 20.0. The number of rotatable bonds is 5. The van der Waals surface area contributed by atoms with Crippen LogP contribution in [0, 0.1) is 11.3 Å². The number of hydrogen-bond acceptors (Lipinski definition) is 3. The van der Waals surface area contributed by atoms with Crippen molar-refractivity contribution < 1.29 is 14.3 Å². The summed E-state index contributed by atoms with van der Waals surface area (Å²) in [6, 6.07) is 4.20. The molecular weight excluding hydrogens is 343 g/mol. The molecule has 1 heterocycles. The Balaban J connectivity index is 1.81. The molecule has 2 N–H and O–H groups in total. The van der Waals surface area contributed by atoms with Crippen LogP contribution >= 0.6 is 11.6 Å². The molecule has 0 bridgehead atoms. The first-order valence-corrected chi connectivity index (χ1v) is 9.16. The third-order valence-electron chi connectivity index (χ3n) is 4.61. The topological polar surface area (TPSA) is 52.6 Å². The Bertz CT molecular complexity index is 583. The molecule has 1 saturated heterocycles. The zero-order valence-corrected chi connectivity index (χ0v) is 15.9. The van der Waals surface area contributed by atoms with Gasteiger partial charge < -0.3 is 15.3 Å². The first-order valence-electron chi connectivity index (χ1n) is 8.78. The molecule has 1 fully saturated rings. The van der Waals surface area contributed by atoms with Gasteiger partial charge in [-0.25, -0.2) is 4.39 Å². The maximum absolute atomic E-state index is 14.4. The molecule has 1 aromatic rings. The van der Waals surface area contributed by atoms with E-state index in [2.05, 4.69) is 31.0 Å². The van der Waals surface area contributed by atoms with Gasteiger partial charge in [-0.15, -0.1) is 0 Å². The molecular formula is C19H28ClFN2O2. The van der Waals surface area contributed by atoms with E-state index in [1.807, 2.05) is 0 Å². The van der Waals surface area contributed by atoms with Gasteiger partial charge >= 0.3 is 0 Å². The standard InChI is InChI=1S/C19H28ClFN2O2/c1-19(2,3)5-7-23-6-4-13(17(21)12-23)11-22-18(25)14-8-15(20)10-16(24)9-14/h8-10,13,17,24H,4-7,11-12H2,1-3H3,(H,22,25)/t13-,17-/m1/s1. The zero-order chi connectivity index (χ0) is 18.6. The van der Waals surface area contributed by atoms with E-state index in [9.17, 15) is 14.3 Å². The summed E-state index contributed by atoms with van der Waals surface area (Å²) in [6.07, 6.45) is 0.827. The highest BCUT2D eigenvalue weighted by Crippen LogP contribution is 2.24. The molecule has 1 amide bonds. The number of likely N-dealkylation sites (tertiary alicyclic amines) is 1. The van der Waals surface area contributed by atoms with Crippen LogP contribution in [-0.2, 0) is 0 Å². The Kier molecular flexibility index (Phi) is 6.69. The van der Waals surface area contributed by atoms with E-state index in [1.54, 1.807) is 0 Å². The van der Waals surface area contributed by atoms with E-state index >= 15 is 0 Å². The van der Waals surface area contributed by atoms with E-state index in [0.717, 1.165) is 25.9 Å². The molecule has 0 aromatic heterocycles. The summed E-state index contributed by atoms with van der Waals surface area (Å²) >= 11 is 5.84. The van der Waals surface area contributed by atoms with Crippen LogP contribution in [0.1, 0.15) is 44.0 Å². The second-order valence-electron chi connectivity index (χ2n) is 8.08. The summed E-state index contributed by atoms with van der Waals surface area (Å²) in [4.78, 5) is 14.3. The van der Waals surface area contributed by atoms with Gasteiger partial charge in [0.2, 0.25) is 0 Å². The second-order valence-corrected chi connectivity index (χ2v) is 8.52. The van der Waals surface area contributed by atoms with E-state index in [-0.39, 0.29) is 28.6 Å². The number of carbonyl (C=O) groups excluding carboxylic acids is 1. The van der Waals surface area contributed by atoms with Gasteiger partial charge in [0.25, 0.3) is 5.91 Å². The number of aromatic hydroxyl groups is 1. The Morgan fingerprint density at radius 3 is 2.72 bits per heavy atom. The molecule has 0 unspecified atom stereocenters. The number of carbonyl (C=O) groups is 1. The van der Waals surface area contributed by atoms with Gasteiger partial charge in [0.15, 0.2) is 0 Å². The van der Waals surface area contributed by atoms with Crippen molar-refractivity contribution in [3.05, 3.63) is 28.8 Å². The number of halogens is 2. The number of piperidine rings is 1. The van der Waals surface area contributed by atoms with Crippen LogP contribution in [0.2, 0.25) is 5.02 Å². The molecule has 0 radical (unpaired) electrons. The molecule has 25 heavy (non-hydrogen) atoms. The molecule has 6 heteroatoms. The van der Waals surface area contributed by atoms with Crippen LogP contribution in [0.15, 0.2) is 18.2 Å². The van der Waals surface area contributed by atoms with Crippen molar-refractivity contribution in [2.45, 2.75) is 39.8 Å². The van der Waals surface area contributed by atoms with Crippen molar-refractivity contribution in [2.75, 3.05) is 26.2 Å². The molecule has 0 aliphatic carbocycles. The number of alkyl halides is 1. The molecule has 2 rings (SSSR count). The summed E-state index contributed by atoms with van der Waals surface area (Å²) in [6.45, 7) is 9.05. The van der Waals surface area contributed by atoms with Gasteiger partial charge in [-0.2, -0.15) is 0 Å². The molecule has 1 aliphatic heterocycles. The maximum atomic E-state index is 14.4. The number of phenolic OH excluding ortho intramolecular Hbond substituents is 1. The van der Waals surface area contributed by atoms with Gasteiger partial charge in [-0.3, -0.25) is 4.79 Å². The lowest BCUT2D eigenvalue weighted by Crippen LogP contribution is -2.46. The third kappa shape index (κ3) is 6.48. The second kappa shape index (κ2) is 8.37. The highest BCUT2D eigenvalue weighted by Gasteiger charge is 2.29. The van der Waals surface area contributed by atoms with Crippen molar-refractivity contribution in [2.24, 2.45) is 11.3 Å². The number of phenols is 1. The molecule has 140 valence electrons. The fraction of sp³-hybridized carbons (Fsp3) is 0.632. The third-order valence-corrected chi connectivity index (χ3v) is 4.83. The Hall–Kier alpha value is -1.33. The Morgan fingerprint density at radius 2 is 2.12 bits per heavy atom. The van der Waals surface area contributed by atoms with E-state index < -0.39 is 6.17 Å². The average Bonchev–Trinajstić information content (AvgIpc) is 2.50. The van der Waals surface area contributed by atoms with Crippen molar-refractivity contribution in [1.29, 1.82) is 0 Å². The number of nitrogens with zero attached hydrogens (tertiary/aromatic N) is 1. The van der Waals surface area contributed by atoms with Gasteiger partial charge in [0.1, 0.15) is 11.9 Å². The van der Waals surface area contributed by atoms with Crippen LogP contribution in [0.3, 0.4) is 0 Å². The van der Waals surface area contributed by atoms with Gasteiger partial charge in [0.05, 0.1) is 0 Å². The van der Waals surface area contributed by atoms with Crippen LogP contribution < -0.4 is 5.32 Å². The van der Waals surface area contributed by atoms with Crippen LogP contribution in [0.5, 0.6) is 5.75 Å². The molecule has 0 saturated carbocycles. The van der Waals surface area contributed by atoms with E-state index in [4.69, 9.17) is 11.6 Å². The molecule has 1 aromatic carbocycles. The van der Waals surface area contributed by atoms with Crippen LogP contribution in [0.4, 0.5) is 4.39 Å². The number of nitrogens with one attached hydrogen (secondary N) is 1. The first-order chi connectivity index (χ1) is 11.6. The molecule has 0 spiro atoms. The highest BCUT2D eigenvalue weighted by atomic mass is 35.5. The summed E-state index contributed by atoms with van der Waals surface area (Å²) in [5, 5.41) is 12.6. The smallest absolute Gasteiger partial charge is 0.251 e. The average molecular weight is 371 g/mol. The minimum Gasteiger partial charge on any atom is -0.508 e. The minimum atomic E-state index is -0.943. The van der Waals surface area contributed by atoms with Crippen molar-refractivity contribution in [3.8, 4) is 5.75 Å². The Morgan fingerprint density at radius 1 is 1.40 bits per heavy atom. The quantitative estimate of drug-likeness (QED) is 0.827. The van der Waals surface area contributed by atoms with Gasteiger partial charge in [-0.05, 0) is 49.5 Å². The molecule has 2 atom stereocenters. The zero-order valence-electron chi connectivity index (χ0n) is 15.2. The summed E-state index contributed by atoms with van der Waals surface area (Å²) in [7, 11) is 0. The molecule has 1 aliphatic rings. The maximum Gasteiger partial charge on any atom is 0.251 e. The predicted octanol–water partition coefficient (Wildman–Crippen LogP) is 3.87. The summed E-state index contributed by atoms with van der Waals surface area (Å²) < 4.78 is 14.4. The fourth-order valence-corrected chi connectivity index (χ4v) is 3.20. The van der Waals surface area contributed by atoms with Crippen LogP contribution in [0.25, 0.3) is 0 Å². The van der Waals surface area contributed by atoms with Crippen molar-refractivity contribution in [3.63, 3.8) is 0 Å². The van der Waals surface area contributed by atoms with Gasteiger partial charge in [-0.1, -0.05) is 32.4 Å². The van der Waals surface area contributed by atoms with Gasteiger partial charge in [0, 0.05) is 29.6 Å². The van der Waals surface area contributed by atoms with E-state index in [0.29, 0.717) is 18.1 Å². The number of amides is 1. The number of hydrogen-bond donors (Lipinski definition) is 2. The van der Waals surface area contributed by atoms with Crippen LogP contribution in [-0.4, -0.2) is 48.3 Å². The highest BCUT2D eigenvalue weighted by molar-refractivity contribution is 6.31.